The Bertz CT molecular complexity index is 544. The molecule has 0 aliphatic carbocycles. The zero-order valence-corrected chi connectivity index (χ0v) is 12.6. The number of carbonyl (C=O) groups excluding carboxylic acids is 1. The summed E-state index contributed by atoms with van der Waals surface area (Å²) >= 11 is 0. The highest BCUT2D eigenvalue weighted by Crippen LogP contribution is 2.14. The molecule has 1 aliphatic rings. The quantitative estimate of drug-likeness (QED) is 0.821. The lowest BCUT2D eigenvalue weighted by Gasteiger charge is -2.32. The smallest absolute Gasteiger partial charge is 0.252 e. The van der Waals surface area contributed by atoms with Crippen LogP contribution in [0.2, 0.25) is 0 Å². The Morgan fingerprint density at radius 1 is 1.43 bits per heavy atom. The number of nitrogens with zero attached hydrogens (tertiary/aromatic N) is 1. The first-order valence-corrected chi connectivity index (χ1v) is 7.48. The van der Waals surface area contributed by atoms with Crippen LogP contribution >= 0.6 is 0 Å². The number of piperidine rings is 1. The summed E-state index contributed by atoms with van der Waals surface area (Å²) in [6.45, 7) is 2.09. The Kier molecular flexibility index (Phi) is 5.79. The Hall–Kier alpha value is -1.83. The lowest BCUT2D eigenvalue weighted by molar-refractivity contribution is 0.0928. The van der Waals surface area contributed by atoms with E-state index in [9.17, 15) is 4.79 Å². The highest BCUT2D eigenvalue weighted by Gasteiger charge is 2.20. The van der Waals surface area contributed by atoms with E-state index in [4.69, 9.17) is 5.73 Å². The largest absolute Gasteiger partial charge is 0.350 e. The second-order valence-corrected chi connectivity index (χ2v) is 5.39. The van der Waals surface area contributed by atoms with E-state index in [1.807, 2.05) is 18.2 Å². The molecule has 1 unspecified atom stereocenters. The van der Waals surface area contributed by atoms with Gasteiger partial charge in [0, 0.05) is 18.2 Å². The van der Waals surface area contributed by atoms with Gasteiger partial charge in [-0.2, -0.15) is 0 Å². The molecule has 0 aromatic heterocycles. The molecule has 2 rings (SSSR count). The predicted molar refractivity (Wildman–Crippen MR) is 85.0 cm³/mol. The topological polar surface area (TPSA) is 58.4 Å². The van der Waals surface area contributed by atoms with Crippen LogP contribution in [0.3, 0.4) is 0 Å². The molecule has 1 fully saturated rings. The third kappa shape index (κ3) is 4.32. The van der Waals surface area contributed by atoms with Crippen molar-refractivity contribution >= 4 is 5.91 Å². The first-order chi connectivity index (χ1) is 10.2. The van der Waals surface area contributed by atoms with Gasteiger partial charge in [0.2, 0.25) is 0 Å². The van der Waals surface area contributed by atoms with Crippen LogP contribution in [0.1, 0.15) is 35.2 Å². The molecule has 1 aliphatic heterocycles. The van der Waals surface area contributed by atoms with Crippen molar-refractivity contribution in [1.29, 1.82) is 0 Å². The molecule has 0 spiro atoms. The Morgan fingerprint density at radius 2 is 2.24 bits per heavy atom. The van der Waals surface area contributed by atoms with Crippen LogP contribution in [0.4, 0.5) is 0 Å². The average Bonchev–Trinajstić information content (AvgIpc) is 2.52. The Morgan fingerprint density at radius 3 is 3.00 bits per heavy atom. The number of nitrogens with two attached hydrogens (primary N) is 1. The number of benzene rings is 1. The molecule has 1 aromatic rings. The van der Waals surface area contributed by atoms with Gasteiger partial charge in [0.15, 0.2) is 0 Å². The summed E-state index contributed by atoms with van der Waals surface area (Å²) in [5.74, 6) is 5.70. The van der Waals surface area contributed by atoms with Gasteiger partial charge in [-0.3, -0.25) is 4.79 Å². The van der Waals surface area contributed by atoms with Crippen LogP contribution in [0.25, 0.3) is 0 Å². The van der Waals surface area contributed by atoms with E-state index in [0.29, 0.717) is 24.7 Å². The summed E-state index contributed by atoms with van der Waals surface area (Å²) in [4.78, 5) is 14.7. The van der Waals surface area contributed by atoms with Gasteiger partial charge in [-0.1, -0.05) is 30.4 Å². The minimum absolute atomic E-state index is 0.0594. The zero-order valence-electron chi connectivity index (χ0n) is 12.6. The fourth-order valence-corrected chi connectivity index (χ4v) is 2.64. The van der Waals surface area contributed by atoms with Gasteiger partial charge in [-0.15, -0.1) is 0 Å². The Balaban J connectivity index is 2.00. The van der Waals surface area contributed by atoms with Crippen molar-refractivity contribution in [3.05, 3.63) is 35.4 Å². The molecule has 4 heteroatoms. The maximum atomic E-state index is 12.3. The van der Waals surface area contributed by atoms with E-state index in [1.54, 1.807) is 6.07 Å². The zero-order chi connectivity index (χ0) is 15.1. The third-order valence-corrected chi connectivity index (χ3v) is 3.92. The molecule has 1 aromatic carbocycles. The number of likely N-dealkylation sites (tertiary alicyclic amines) is 1. The number of rotatable bonds is 3. The van der Waals surface area contributed by atoms with Crippen LogP contribution in [0, 0.1) is 11.8 Å². The van der Waals surface area contributed by atoms with Crippen LogP contribution in [0.15, 0.2) is 24.3 Å². The van der Waals surface area contributed by atoms with Crippen LogP contribution in [-0.2, 0) is 0 Å². The van der Waals surface area contributed by atoms with E-state index < -0.39 is 0 Å². The Labute approximate surface area is 126 Å². The van der Waals surface area contributed by atoms with Gasteiger partial charge in [-0.25, -0.2) is 0 Å². The van der Waals surface area contributed by atoms with Gasteiger partial charge in [0.25, 0.3) is 5.91 Å². The number of nitrogens with one attached hydrogen (secondary N) is 1. The fraction of sp³-hybridized carbons (Fsp3) is 0.471. The normalized spacial score (nSPS) is 18.7. The predicted octanol–water partition coefficient (Wildman–Crippen LogP) is 1.21. The van der Waals surface area contributed by atoms with E-state index in [-0.39, 0.29) is 5.91 Å². The molecule has 0 saturated carbocycles. The molecular weight excluding hydrogens is 262 g/mol. The lowest BCUT2D eigenvalue weighted by Crippen LogP contribution is -2.44. The molecule has 1 atom stereocenters. The first kappa shape index (κ1) is 15.6. The molecule has 1 saturated heterocycles. The van der Waals surface area contributed by atoms with Crippen molar-refractivity contribution in [3.63, 3.8) is 0 Å². The number of hydrogen-bond acceptors (Lipinski definition) is 3. The van der Waals surface area contributed by atoms with Crippen molar-refractivity contribution in [2.24, 2.45) is 5.73 Å². The van der Waals surface area contributed by atoms with Gasteiger partial charge < -0.3 is 16.0 Å². The summed E-state index contributed by atoms with van der Waals surface area (Å²) in [5.41, 5.74) is 6.75. The van der Waals surface area contributed by atoms with Crippen molar-refractivity contribution in [2.45, 2.75) is 25.3 Å². The van der Waals surface area contributed by atoms with E-state index in [0.717, 1.165) is 18.5 Å². The number of amides is 1. The molecular formula is C17H23N3O. The second-order valence-electron chi connectivity index (χ2n) is 5.39. The summed E-state index contributed by atoms with van der Waals surface area (Å²) in [5, 5.41) is 3.04. The lowest BCUT2D eigenvalue weighted by atomic mass is 10.0. The maximum Gasteiger partial charge on any atom is 0.252 e. The average molecular weight is 285 g/mol. The molecule has 1 amide bonds. The summed E-state index contributed by atoms with van der Waals surface area (Å²) < 4.78 is 0. The van der Waals surface area contributed by atoms with E-state index in [2.05, 4.69) is 29.1 Å². The van der Waals surface area contributed by atoms with E-state index >= 15 is 0 Å². The second kappa shape index (κ2) is 7.82. The summed E-state index contributed by atoms with van der Waals surface area (Å²) in [7, 11) is 2.12. The van der Waals surface area contributed by atoms with Crippen LogP contribution < -0.4 is 11.1 Å². The van der Waals surface area contributed by atoms with Gasteiger partial charge in [0.05, 0.1) is 12.1 Å². The summed E-state index contributed by atoms with van der Waals surface area (Å²) in [6, 6.07) is 7.83. The number of likely N-dealkylation sites (N-methyl/N-ethyl adjacent to an activating group) is 1. The van der Waals surface area contributed by atoms with Crippen LogP contribution in [-0.4, -0.2) is 43.5 Å². The monoisotopic (exact) mass is 285 g/mol. The minimum atomic E-state index is -0.0594. The fourth-order valence-electron chi connectivity index (χ4n) is 2.64. The number of hydrogen-bond donors (Lipinski definition) is 2. The standard InChI is InChI=1S/C17H23N3O/c1-20-12-5-4-9-15(20)13-19-17(21)16-10-3-2-7-14(16)8-6-11-18/h2-3,7,10,15H,4-5,9,11-13,18H2,1H3,(H,19,21). The van der Waals surface area contributed by atoms with Crippen molar-refractivity contribution in [2.75, 3.05) is 26.7 Å². The number of carbonyl (C=O) groups is 1. The maximum absolute atomic E-state index is 12.3. The van der Waals surface area contributed by atoms with Gasteiger partial charge >= 0.3 is 0 Å². The first-order valence-electron chi connectivity index (χ1n) is 7.48. The van der Waals surface area contributed by atoms with Gasteiger partial charge in [0.1, 0.15) is 0 Å². The van der Waals surface area contributed by atoms with Gasteiger partial charge in [-0.05, 0) is 38.6 Å². The summed E-state index contributed by atoms with van der Waals surface area (Å²) in [6.07, 6.45) is 3.63. The van der Waals surface area contributed by atoms with Crippen LogP contribution in [0.5, 0.6) is 0 Å². The molecule has 112 valence electrons. The molecule has 3 N–H and O–H groups in total. The van der Waals surface area contributed by atoms with Crippen molar-refractivity contribution in [3.8, 4) is 11.8 Å². The van der Waals surface area contributed by atoms with Crippen molar-refractivity contribution < 1.29 is 4.79 Å². The molecule has 4 nitrogen and oxygen atoms in total. The molecule has 21 heavy (non-hydrogen) atoms. The molecule has 1 heterocycles. The van der Waals surface area contributed by atoms with E-state index in [1.165, 1.54) is 12.8 Å². The third-order valence-electron chi connectivity index (χ3n) is 3.92. The minimum Gasteiger partial charge on any atom is -0.350 e. The SMILES string of the molecule is CN1CCCCC1CNC(=O)c1ccccc1C#CCN. The molecule has 0 radical (unpaired) electrons. The highest BCUT2D eigenvalue weighted by molar-refractivity contribution is 5.96. The molecule has 0 bridgehead atoms. The highest BCUT2D eigenvalue weighted by atomic mass is 16.1. The van der Waals surface area contributed by atoms with Crippen molar-refractivity contribution in [1.82, 2.24) is 10.2 Å².